The molecule has 2 amide bonds. The van der Waals surface area contributed by atoms with Crippen LogP contribution in [-0.2, 0) is 14.1 Å². The number of pyridine rings is 1. The molecule has 1 aliphatic heterocycles. The van der Waals surface area contributed by atoms with Crippen LogP contribution in [-0.4, -0.2) is 20.1 Å². The molecule has 2 aromatic heterocycles. The third-order valence-corrected chi connectivity index (χ3v) is 3.53. The maximum absolute atomic E-state index is 12.4. The predicted octanol–water partition coefficient (Wildman–Crippen LogP) is -0.297. The molecular formula is C13H13N5O3. The SMILES string of the molecule is Cn1c2c(c(=O)n(C)c1=O)C(c1ccncc1)NC(=O)N2. The van der Waals surface area contributed by atoms with Crippen molar-refractivity contribution in [3.63, 3.8) is 0 Å². The quantitative estimate of drug-likeness (QED) is 0.752. The highest BCUT2D eigenvalue weighted by Gasteiger charge is 2.31. The summed E-state index contributed by atoms with van der Waals surface area (Å²) >= 11 is 0. The van der Waals surface area contributed by atoms with Gasteiger partial charge in [-0.05, 0) is 17.7 Å². The number of nitrogens with zero attached hydrogens (tertiary/aromatic N) is 3. The first-order valence-corrected chi connectivity index (χ1v) is 6.28. The van der Waals surface area contributed by atoms with Crippen molar-refractivity contribution in [2.24, 2.45) is 14.1 Å². The average Bonchev–Trinajstić information content (AvgIpc) is 2.51. The van der Waals surface area contributed by atoms with E-state index in [1.807, 2.05) is 0 Å². The first-order chi connectivity index (χ1) is 10.0. The number of carbonyl (C=O) groups excluding carboxylic acids is 1. The summed E-state index contributed by atoms with van der Waals surface area (Å²) in [5.74, 6) is 0.216. The number of hydrogen-bond acceptors (Lipinski definition) is 4. The van der Waals surface area contributed by atoms with E-state index in [0.29, 0.717) is 5.56 Å². The second-order valence-corrected chi connectivity index (χ2v) is 4.78. The summed E-state index contributed by atoms with van der Waals surface area (Å²) < 4.78 is 2.27. The van der Waals surface area contributed by atoms with Gasteiger partial charge in [-0.25, -0.2) is 9.59 Å². The number of rotatable bonds is 1. The molecular weight excluding hydrogens is 274 g/mol. The molecule has 3 heterocycles. The smallest absolute Gasteiger partial charge is 0.327 e. The highest BCUT2D eigenvalue weighted by atomic mass is 16.2. The van der Waals surface area contributed by atoms with Gasteiger partial charge in [0.25, 0.3) is 5.56 Å². The van der Waals surface area contributed by atoms with E-state index in [-0.39, 0.29) is 5.82 Å². The van der Waals surface area contributed by atoms with Crippen LogP contribution in [0, 0.1) is 0 Å². The van der Waals surface area contributed by atoms with Crippen molar-refractivity contribution in [3.8, 4) is 0 Å². The van der Waals surface area contributed by atoms with Crippen molar-refractivity contribution < 1.29 is 4.79 Å². The van der Waals surface area contributed by atoms with Crippen molar-refractivity contribution in [3.05, 3.63) is 56.5 Å². The Kier molecular flexibility index (Phi) is 2.86. The number of aromatic nitrogens is 3. The topological polar surface area (TPSA) is 98.0 Å². The fourth-order valence-electron chi connectivity index (χ4n) is 2.43. The molecule has 2 N–H and O–H groups in total. The Balaban J connectivity index is 2.33. The summed E-state index contributed by atoms with van der Waals surface area (Å²) in [7, 11) is 2.92. The largest absolute Gasteiger partial charge is 0.332 e. The van der Waals surface area contributed by atoms with Crippen LogP contribution in [0.3, 0.4) is 0 Å². The fourth-order valence-corrected chi connectivity index (χ4v) is 2.43. The van der Waals surface area contributed by atoms with Crippen LogP contribution >= 0.6 is 0 Å². The summed E-state index contributed by atoms with van der Waals surface area (Å²) in [6, 6.07) is 2.34. The van der Waals surface area contributed by atoms with E-state index in [9.17, 15) is 14.4 Å². The molecule has 0 aliphatic carbocycles. The predicted molar refractivity (Wildman–Crippen MR) is 75.2 cm³/mol. The van der Waals surface area contributed by atoms with Crippen molar-refractivity contribution in [2.45, 2.75) is 6.04 Å². The van der Waals surface area contributed by atoms with Crippen LogP contribution in [0.2, 0.25) is 0 Å². The fraction of sp³-hybridized carbons (Fsp3) is 0.231. The molecule has 1 atom stereocenters. The van der Waals surface area contributed by atoms with Crippen LogP contribution in [0.15, 0.2) is 34.1 Å². The van der Waals surface area contributed by atoms with Crippen molar-refractivity contribution in [1.82, 2.24) is 19.4 Å². The van der Waals surface area contributed by atoms with Gasteiger partial charge in [0.15, 0.2) is 0 Å². The zero-order valence-corrected chi connectivity index (χ0v) is 11.5. The Hall–Kier alpha value is -2.90. The first kappa shape index (κ1) is 13.1. The maximum Gasteiger partial charge on any atom is 0.332 e. The van der Waals surface area contributed by atoms with Gasteiger partial charge < -0.3 is 5.32 Å². The Bertz CT molecular complexity index is 837. The molecule has 21 heavy (non-hydrogen) atoms. The number of urea groups is 1. The molecule has 1 unspecified atom stereocenters. The van der Waals surface area contributed by atoms with Gasteiger partial charge in [-0.15, -0.1) is 0 Å². The lowest BCUT2D eigenvalue weighted by Gasteiger charge is -2.28. The third kappa shape index (κ3) is 1.92. The van der Waals surface area contributed by atoms with Crippen LogP contribution in [0.4, 0.5) is 10.6 Å². The number of nitrogens with one attached hydrogen (secondary N) is 2. The molecule has 8 nitrogen and oxygen atoms in total. The molecule has 0 fully saturated rings. The molecule has 0 aromatic carbocycles. The Labute approximate surface area is 119 Å². The standard InChI is InChI=1S/C13H13N5O3/c1-17-10-8(11(19)18(2)13(17)21)9(15-12(20)16-10)7-3-5-14-6-4-7/h3-6,9H,1-2H3,(H2,15,16,20). The normalized spacial score (nSPS) is 16.9. The molecule has 0 spiro atoms. The maximum atomic E-state index is 12.4. The van der Waals surface area contributed by atoms with E-state index in [0.717, 1.165) is 10.1 Å². The Morgan fingerprint density at radius 1 is 1.10 bits per heavy atom. The number of fused-ring (bicyclic) bond motifs is 1. The molecule has 0 radical (unpaired) electrons. The van der Waals surface area contributed by atoms with Gasteiger partial charge >= 0.3 is 11.7 Å². The molecule has 2 aromatic rings. The molecule has 108 valence electrons. The van der Waals surface area contributed by atoms with Gasteiger partial charge in [-0.3, -0.25) is 24.2 Å². The highest BCUT2D eigenvalue weighted by Crippen LogP contribution is 2.27. The van der Waals surface area contributed by atoms with Gasteiger partial charge in [-0.2, -0.15) is 0 Å². The lowest BCUT2D eigenvalue weighted by atomic mass is 9.99. The van der Waals surface area contributed by atoms with Crippen LogP contribution < -0.4 is 21.9 Å². The van der Waals surface area contributed by atoms with Crippen LogP contribution in [0.5, 0.6) is 0 Å². The van der Waals surface area contributed by atoms with Crippen molar-refractivity contribution >= 4 is 11.8 Å². The van der Waals surface area contributed by atoms with E-state index in [2.05, 4.69) is 15.6 Å². The monoisotopic (exact) mass is 287 g/mol. The van der Waals surface area contributed by atoms with E-state index in [1.54, 1.807) is 24.5 Å². The minimum Gasteiger partial charge on any atom is -0.327 e. The summed E-state index contributed by atoms with van der Waals surface area (Å²) in [6.07, 6.45) is 3.16. The molecule has 1 aliphatic rings. The summed E-state index contributed by atoms with van der Waals surface area (Å²) in [4.78, 5) is 40.1. The highest BCUT2D eigenvalue weighted by molar-refractivity contribution is 5.92. The average molecular weight is 287 g/mol. The second kappa shape index (κ2) is 4.58. The zero-order valence-electron chi connectivity index (χ0n) is 11.5. The van der Waals surface area contributed by atoms with Gasteiger partial charge in [0, 0.05) is 26.5 Å². The first-order valence-electron chi connectivity index (χ1n) is 6.28. The van der Waals surface area contributed by atoms with Gasteiger partial charge in [-0.1, -0.05) is 0 Å². The molecule has 0 saturated carbocycles. The summed E-state index contributed by atoms with van der Waals surface area (Å²) in [5.41, 5.74) is 0.110. The van der Waals surface area contributed by atoms with Crippen LogP contribution in [0.1, 0.15) is 17.2 Å². The van der Waals surface area contributed by atoms with E-state index >= 15 is 0 Å². The van der Waals surface area contributed by atoms with Gasteiger partial charge in [0.1, 0.15) is 5.82 Å². The number of hydrogen-bond donors (Lipinski definition) is 2. The van der Waals surface area contributed by atoms with E-state index in [1.165, 1.54) is 18.7 Å². The van der Waals surface area contributed by atoms with Crippen LogP contribution in [0.25, 0.3) is 0 Å². The van der Waals surface area contributed by atoms with Crippen molar-refractivity contribution in [1.29, 1.82) is 0 Å². The lowest BCUT2D eigenvalue weighted by molar-refractivity contribution is 0.248. The van der Waals surface area contributed by atoms with E-state index < -0.39 is 23.3 Å². The third-order valence-electron chi connectivity index (χ3n) is 3.53. The molecule has 8 heteroatoms. The molecule has 3 rings (SSSR count). The summed E-state index contributed by atoms with van der Waals surface area (Å²) in [5, 5.41) is 5.22. The minimum atomic E-state index is -0.623. The van der Waals surface area contributed by atoms with Gasteiger partial charge in [0.2, 0.25) is 0 Å². The Morgan fingerprint density at radius 3 is 2.43 bits per heavy atom. The number of anilines is 1. The molecule has 0 saturated heterocycles. The Morgan fingerprint density at radius 2 is 1.76 bits per heavy atom. The molecule has 0 bridgehead atoms. The minimum absolute atomic E-state index is 0.216. The zero-order chi connectivity index (χ0) is 15.1. The number of amides is 2. The second-order valence-electron chi connectivity index (χ2n) is 4.78. The van der Waals surface area contributed by atoms with Gasteiger partial charge in [0.05, 0.1) is 11.6 Å². The lowest BCUT2D eigenvalue weighted by Crippen LogP contribution is -2.49. The number of carbonyl (C=O) groups is 1. The van der Waals surface area contributed by atoms with Crippen molar-refractivity contribution in [2.75, 3.05) is 5.32 Å². The van der Waals surface area contributed by atoms with E-state index in [4.69, 9.17) is 0 Å². The summed E-state index contributed by atoms with van der Waals surface area (Å²) in [6.45, 7) is 0.